The number of methoxy groups -OCH3 is 1. The van der Waals surface area contributed by atoms with Gasteiger partial charge in [0.1, 0.15) is 5.75 Å². The molecule has 2 heterocycles. The normalized spacial score (nSPS) is 11.9. The molecule has 0 spiro atoms. The fraction of sp³-hybridized carbons (Fsp3) is 0.0714. The lowest BCUT2D eigenvalue weighted by Crippen LogP contribution is -2.25. The number of thiazole rings is 1. The van der Waals surface area contributed by atoms with E-state index in [9.17, 15) is 13.2 Å². The van der Waals surface area contributed by atoms with Gasteiger partial charge in [0.25, 0.3) is 15.9 Å². The molecule has 8 nitrogen and oxygen atoms in total. The molecule has 1 amide bonds. The quantitative estimate of drug-likeness (QED) is 0.165. The van der Waals surface area contributed by atoms with Crippen molar-refractivity contribution in [2.24, 2.45) is 0 Å². The van der Waals surface area contributed by atoms with E-state index in [0.29, 0.717) is 22.7 Å². The van der Waals surface area contributed by atoms with Crippen molar-refractivity contribution in [3.63, 3.8) is 0 Å². The molecule has 0 atom stereocenters. The van der Waals surface area contributed by atoms with E-state index in [0.717, 1.165) is 26.5 Å². The number of aryl methyl sites for hydroxylation is 1. The highest BCUT2D eigenvalue weighted by atomic mass is 79.9. The number of nitrogens with zero attached hydrogens (tertiary/aromatic N) is 1. The van der Waals surface area contributed by atoms with Crippen LogP contribution in [0.1, 0.15) is 11.1 Å². The number of anilines is 2. The molecule has 2 aromatic heterocycles. The molecule has 5 aromatic rings. The lowest BCUT2D eigenvalue weighted by molar-refractivity contribution is -0.112. The zero-order valence-corrected chi connectivity index (χ0v) is 24.1. The Morgan fingerprint density at radius 2 is 1.82 bits per heavy atom. The van der Waals surface area contributed by atoms with Gasteiger partial charge in [-0.2, -0.15) is 0 Å². The Labute approximate surface area is 237 Å². The molecular weight excluding hydrogens is 600 g/mol. The highest BCUT2D eigenvalue weighted by molar-refractivity contribution is 9.10. The number of rotatable bonds is 8. The number of H-pyrrole nitrogens is 1. The summed E-state index contributed by atoms with van der Waals surface area (Å²) in [4.78, 5) is 20.7. The summed E-state index contributed by atoms with van der Waals surface area (Å²) in [6.45, 7) is 1.95. The van der Waals surface area contributed by atoms with Gasteiger partial charge in [-0.15, -0.1) is 11.3 Å². The van der Waals surface area contributed by atoms with Crippen LogP contribution < -0.4 is 14.8 Å². The minimum Gasteiger partial charge on any atom is -0.497 e. The zero-order chi connectivity index (χ0) is 27.6. The van der Waals surface area contributed by atoms with E-state index in [-0.39, 0.29) is 5.13 Å². The molecule has 0 saturated carbocycles. The number of hydrogen-bond acceptors (Lipinski definition) is 6. The van der Waals surface area contributed by atoms with Crippen molar-refractivity contribution in [1.82, 2.24) is 9.97 Å². The predicted octanol–water partition coefficient (Wildman–Crippen LogP) is 6.79. The molecule has 0 unspecified atom stereocenters. The first-order chi connectivity index (χ1) is 18.7. The number of carbonyl (C=O) groups excluding carboxylic acids is 1. The molecule has 39 heavy (non-hydrogen) atoms. The summed E-state index contributed by atoms with van der Waals surface area (Å²) >= 11 is 4.54. The van der Waals surface area contributed by atoms with Crippen molar-refractivity contribution < 1.29 is 17.9 Å². The van der Waals surface area contributed by atoms with Gasteiger partial charge in [0.15, 0.2) is 10.0 Å². The summed E-state index contributed by atoms with van der Waals surface area (Å²) in [5, 5.41) is 5.53. The Hall–Kier alpha value is -3.93. The van der Waals surface area contributed by atoms with E-state index in [2.05, 4.69) is 35.9 Å². The molecule has 11 heteroatoms. The summed E-state index contributed by atoms with van der Waals surface area (Å²) in [5.41, 5.74) is 4.20. The third-order valence-corrected chi connectivity index (χ3v) is 8.55. The molecule has 0 aliphatic carbocycles. The second-order valence-corrected chi connectivity index (χ2v) is 12.1. The van der Waals surface area contributed by atoms with E-state index in [1.54, 1.807) is 43.0 Å². The number of carbonyl (C=O) groups is 1. The number of fused-ring (bicyclic) bond motifs is 1. The SMILES string of the molecule is COc1ccc(-c2csc(NC(=O)/C(=C\c3c[nH]c4ccc(C)cc34)S(=O)(=O)Nc3ccc(Br)cc3)n2)cc1. The second-order valence-electron chi connectivity index (χ2n) is 8.63. The van der Waals surface area contributed by atoms with Crippen LogP contribution in [0.15, 0.2) is 87.7 Å². The maximum absolute atomic E-state index is 13.5. The molecular formula is C28H23BrN4O4S2. The summed E-state index contributed by atoms with van der Waals surface area (Å²) in [6.07, 6.45) is 3.05. The van der Waals surface area contributed by atoms with Gasteiger partial charge in [0.2, 0.25) is 0 Å². The molecule has 0 aliphatic rings. The van der Waals surface area contributed by atoms with Gasteiger partial charge in [-0.1, -0.05) is 27.6 Å². The van der Waals surface area contributed by atoms with Gasteiger partial charge in [0, 0.05) is 43.8 Å². The number of aromatic nitrogens is 2. The number of nitrogens with one attached hydrogen (secondary N) is 3. The minimum atomic E-state index is -4.28. The summed E-state index contributed by atoms with van der Waals surface area (Å²) in [7, 11) is -2.69. The van der Waals surface area contributed by atoms with Crippen molar-refractivity contribution in [1.29, 1.82) is 0 Å². The number of sulfonamides is 1. The molecule has 5 rings (SSSR count). The van der Waals surface area contributed by atoms with E-state index in [1.165, 1.54) is 17.4 Å². The molecule has 0 fully saturated rings. The third kappa shape index (κ3) is 6.06. The Bertz CT molecular complexity index is 1790. The van der Waals surface area contributed by atoms with Crippen LogP contribution >= 0.6 is 27.3 Å². The van der Waals surface area contributed by atoms with Gasteiger partial charge < -0.3 is 9.72 Å². The molecule has 0 radical (unpaired) electrons. The fourth-order valence-electron chi connectivity index (χ4n) is 3.89. The number of halogens is 1. The van der Waals surface area contributed by atoms with Crippen molar-refractivity contribution >= 4 is 71.0 Å². The third-order valence-electron chi connectivity index (χ3n) is 5.88. The van der Waals surface area contributed by atoms with Gasteiger partial charge >= 0.3 is 0 Å². The standard InChI is InChI=1S/C28H23BrN4O4S2/c1-17-3-12-24-23(13-17)19(15-30-24)14-26(39(35,36)33-21-8-6-20(29)7-9-21)27(34)32-28-31-25(16-38-28)18-4-10-22(37-2)11-5-18/h3-16,30,33H,1-2H3,(H,31,32,34)/b26-14+. The first kappa shape index (κ1) is 26.7. The summed E-state index contributed by atoms with van der Waals surface area (Å²) < 4.78 is 35.6. The van der Waals surface area contributed by atoms with Crippen LogP contribution in [-0.4, -0.2) is 31.4 Å². The second kappa shape index (κ2) is 11.0. The van der Waals surface area contributed by atoms with E-state index >= 15 is 0 Å². The van der Waals surface area contributed by atoms with Crippen LogP contribution in [0.4, 0.5) is 10.8 Å². The zero-order valence-electron chi connectivity index (χ0n) is 20.9. The van der Waals surface area contributed by atoms with Gasteiger partial charge in [-0.3, -0.25) is 14.8 Å². The average Bonchev–Trinajstić information content (AvgIpc) is 3.55. The Balaban J connectivity index is 1.49. The summed E-state index contributed by atoms with van der Waals surface area (Å²) in [5.74, 6) is -0.0921. The van der Waals surface area contributed by atoms with Crippen molar-refractivity contribution in [3.8, 4) is 17.0 Å². The largest absolute Gasteiger partial charge is 0.497 e. The maximum Gasteiger partial charge on any atom is 0.270 e. The van der Waals surface area contributed by atoms with Crippen LogP contribution in [0.5, 0.6) is 5.75 Å². The first-order valence-corrected chi connectivity index (χ1v) is 14.9. The number of benzene rings is 3. The minimum absolute atomic E-state index is 0.269. The van der Waals surface area contributed by atoms with E-state index in [4.69, 9.17) is 4.74 Å². The monoisotopic (exact) mass is 622 g/mol. The van der Waals surface area contributed by atoms with Gasteiger partial charge in [-0.25, -0.2) is 13.4 Å². The van der Waals surface area contributed by atoms with Gasteiger partial charge in [0.05, 0.1) is 12.8 Å². The lowest BCUT2D eigenvalue weighted by Gasteiger charge is -2.11. The number of hydrogen-bond donors (Lipinski definition) is 3. The maximum atomic E-state index is 13.5. The Morgan fingerprint density at radius 3 is 2.54 bits per heavy atom. The molecule has 3 aromatic carbocycles. The molecule has 0 aliphatic heterocycles. The number of amides is 1. The van der Waals surface area contributed by atoms with E-state index < -0.39 is 20.8 Å². The topological polar surface area (TPSA) is 113 Å². The molecule has 3 N–H and O–H groups in total. The highest BCUT2D eigenvalue weighted by Crippen LogP contribution is 2.29. The summed E-state index contributed by atoms with van der Waals surface area (Å²) in [6, 6.07) is 19.8. The van der Waals surface area contributed by atoms with Crippen molar-refractivity contribution in [2.45, 2.75) is 6.92 Å². The Morgan fingerprint density at radius 1 is 1.08 bits per heavy atom. The van der Waals surface area contributed by atoms with E-state index in [1.807, 2.05) is 49.4 Å². The van der Waals surface area contributed by atoms with Crippen LogP contribution in [0.25, 0.3) is 28.2 Å². The average molecular weight is 624 g/mol. The molecule has 0 bridgehead atoms. The number of aromatic amines is 1. The van der Waals surface area contributed by atoms with Crippen molar-refractivity contribution in [2.75, 3.05) is 17.1 Å². The van der Waals surface area contributed by atoms with Gasteiger partial charge in [-0.05, 0) is 73.7 Å². The fourth-order valence-corrected chi connectivity index (χ4v) is 6.01. The first-order valence-electron chi connectivity index (χ1n) is 11.7. The smallest absolute Gasteiger partial charge is 0.270 e. The lowest BCUT2D eigenvalue weighted by atomic mass is 10.1. The van der Waals surface area contributed by atoms with Crippen molar-refractivity contribution in [3.05, 3.63) is 98.8 Å². The van der Waals surface area contributed by atoms with Crippen LogP contribution in [0.3, 0.4) is 0 Å². The highest BCUT2D eigenvalue weighted by Gasteiger charge is 2.27. The Kier molecular flexibility index (Phi) is 7.56. The van der Waals surface area contributed by atoms with Crippen LogP contribution in [0.2, 0.25) is 0 Å². The molecule has 0 saturated heterocycles. The van der Waals surface area contributed by atoms with Crippen LogP contribution in [0, 0.1) is 6.92 Å². The number of ether oxygens (including phenoxy) is 1. The molecule has 198 valence electrons. The van der Waals surface area contributed by atoms with Crippen LogP contribution in [-0.2, 0) is 14.8 Å². The predicted molar refractivity (Wildman–Crippen MR) is 160 cm³/mol.